The molecule has 144 valence electrons. The van der Waals surface area contributed by atoms with Crippen molar-refractivity contribution in [1.82, 2.24) is 15.0 Å². The number of carbonyl (C=O) groups is 2. The minimum Gasteiger partial charge on any atom is -0.451 e. The van der Waals surface area contributed by atoms with Crippen LogP contribution in [0.5, 0.6) is 0 Å². The van der Waals surface area contributed by atoms with Gasteiger partial charge in [0.2, 0.25) is 0 Å². The number of thiazole rings is 1. The molecule has 0 unspecified atom stereocenters. The number of rotatable bonds is 5. The van der Waals surface area contributed by atoms with E-state index in [4.69, 9.17) is 39.5 Å². The zero-order valence-electron chi connectivity index (χ0n) is 14.2. The summed E-state index contributed by atoms with van der Waals surface area (Å²) in [5.74, 6) is -0.881. The average Bonchev–Trinajstić information content (AvgIpc) is 3.05. The number of hydrogen-bond donors (Lipinski definition) is 1. The van der Waals surface area contributed by atoms with Crippen LogP contribution in [-0.4, -0.2) is 33.4 Å². The number of nitrogens with zero attached hydrogens (tertiary/aromatic N) is 3. The molecule has 1 N–H and O–H groups in total. The van der Waals surface area contributed by atoms with Crippen LogP contribution in [0.2, 0.25) is 15.1 Å². The maximum absolute atomic E-state index is 12.3. The van der Waals surface area contributed by atoms with E-state index in [0.29, 0.717) is 21.5 Å². The zero-order valence-corrected chi connectivity index (χ0v) is 17.3. The van der Waals surface area contributed by atoms with Crippen molar-refractivity contribution in [1.29, 1.82) is 0 Å². The molecule has 2 heterocycles. The van der Waals surface area contributed by atoms with Crippen LogP contribution < -0.4 is 5.32 Å². The highest BCUT2D eigenvalue weighted by Gasteiger charge is 2.20. The number of nitrogens with one attached hydrogen (secondary N) is 1. The van der Waals surface area contributed by atoms with Gasteiger partial charge in [-0.25, -0.2) is 19.7 Å². The van der Waals surface area contributed by atoms with Gasteiger partial charge in [0.25, 0.3) is 5.91 Å². The molecule has 0 radical (unpaired) electrons. The van der Waals surface area contributed by atoms with Crippen molar-refractivity contribution in [3.8, 4) is 10.8 Å². The Morgan fingerprint density at radius 3 is 2.43 bits per heavy atom. The van der Waals surface area contributed by atoms with Gasteiger partial charge >= 0.3 is 5.97 Å². The third-order valence-corrected chi connectivity index (χ3v) is 5.29. The summed E-state index contributed by atoms with van der Waals surface area (Å²) in [5, 5.41) is 3.64. The van der Waals surface area contributed by atoms with Crippen LogP contribution in [0.15, 0.2) is 30.6 Å². The quantitative estimate of drug-likeness (QED) is 0.560. The van der Waals surface area contributed by atoms with E-state index in [9.17, 15) is 9.59 Å². The predicted octanol–water partition coefficient (Wildman–Crippen LogP) is 4.66. The third kappa shape index (κ3) is 4.77. The van der Waals surface area contributed by atoms with Crippen LogP contribution in [0.25, 0.3) is 10.8 Å². The lowest BCUT2D eigenvalue weighted by Crippen LogP contribution is -2.21. The molecule has 3 aromatic rings. The summed E-state index contributed by atoms with van der Waals surface area (Å²) in [4.78, 5) is 37.1. The van der Waals surface area contributed by atoms with Crippen molar-refractivity contribution in [2.75, 3.05) is 11.9 Å². The molecule has 0 aliphatic heterocycles. The maximum atomic E-state index is 12.3. The van der Waals surface area contributed by atoms with E-state index < -0.39 is 18.5 Å². The Kier molecular flexibility index (Phi) is 6.46. The van der Waals surface area contributed by atoms with Crippen molar-refractivity contribution >= 4 is 63.7 Å². The summed E-state index contributed by atoms with van der Waals surface area (Å²) in [6.07, 6.45) is 3.16. The number of ether oxygens (including phenoxy) is 1. The lowest BCUT2D eigenvalue weighted by molar-refractivity contribution is -0.119. The van der Waals surface area contributed by atoms with Gasteiger partial charge in [-0.15, -0.1) is 11.3 Å². The fraction of sp³-hybridized carbons (Fsp3) is 0.118. The molecule has 0 aliphatic rings. The van der Waals surface area contributed by atoms with Crippen molar-refractivity contribution in [2.45, 2.75) is 6.92 Å². The molecule has 28 heavy (non-hydrogen) atoms. The maximum Gasteiger partial charge on any atom is 0.350 e. The average molecular weight is 458 g/mol. The van der Waals surface area contributed by atoms with Crippen molar-refractivity contribution in [3.63, 3.8) is 0 Å². The van der Waals surface area contributed by atoms with Gasteiger partial charge in [0.1, 0.15) is 4.88 Å². The smallest absolute Gasteiger partial charge is 0.350 e. The normalized spacial score (nSPS) is 10.6. The lowest BCUT2D eigenvalue weighted by atomic mass is 10.3. The second-order valence-electron chi connectivity index (χ2n) is 5.37. The van der Waals surface area contributed by atoms with Crippen LogP contribution >= 0.6 is 46.1 Å². The molecule has 0 aliphatic carbocycles. The molecular formula is C17H11Cl3N4O3S. The number of aromatic nitrogens is 3. The SMILES string of the molecule is Cc1nc(-c2ncccn2)sc1C(=O)OCC(=O)Nc1c(Cl)cc(Cl)cc1Cl. The number of benzene rings is 1. The summed E-state index contributed by atoms with van der Waals surface area (Å²) in [6.45, 7) is 1.13. The first-order chi connectivity index (χ1) is 13.3. The van der Waals surface area contributed by atoms with Gasteiger partial charge in [-0.2, -0.15) is 0 Å². The first kappa shape index (κ1) is 20.5. The van der Waals surface area contributed by atoms with Crippen LogP contribution in [0.4, 0.5) is 5.69 Å². The minimum atomic E-state index is -0.680. The van der Waals surface area contributed by atoms with Crippen molar-refractivity contribution < 1.29 is 14.3 Å². The van der Waals surface area contributed by atoms with Crippen LogP contribution in [0.1, 0.15) is 15.4 Å². The van der Waals surface area contributed by atoms with Crippen LogP contribution in [0, 0.1) is 6.92 Å². The van der Waals surface area contributed by atoms with Gasteiger partial charge in [-0.1, -0.05) is 34.8 Å². The summed E-state index contributed by atoms with van der Waals surface area (Å²) >= 11 is 18.9. The molecule has 1 amide bonds. The molecule has 0 fully saturated rings. The summed E-state index contributed by atoms with van der Waals surface area (Å²) in [6, 6.07) is 4.55. The molecule has 3 rings (SSSR count). The molecule has 0 bridgehead atoms. The molecule has 0 saturated carbocycles. The molecule has 0 atom stereocenters. The second-order valence-corrected chi connectivity index (χ2v) is 7.62. The highest BCUT2D eigenvalue weighted by Crippen LogP contribution is 2.33. The fourth-order valence-corrected chi connectivity index (χ4v) is 3.94. The van der Waals surface area contributed by atoms with Gasteiger partial charge in [0.15, 0.2) is 17.4 Å². The Morgan fingerprint density at radius 2 is 1.79 bits per heavy atom. The van der Waals surface area contributed by atoms with E-state index in [1.54, 1.807) is 25.4 Å². The van der Waals surface area contributed by atoms with E-state index in [-0.39, 0.29) is 20.6 Å². The number of esters is 1. The van der Waals surface area contributed by atoms with E-state index >= 15 is 0 Å². The number of amides is 1. The number of aryl methyl sites for hydroxylation is 1. The molecule has 1 aromatic carbocycles. The topological polar surface area (TPSA) is 94.1 Å². The number of halogens is 3. The minimum absolute atomic E-state index is 0.169. The first-order valence-corrected chi connectivity index (χ1v) is 9.66. The Hall–Kier alpha value is -2.26. The van der Waals surface area contributed by atoms with E-state index in [1.165, 1.54) is 12.1 Å². The largest absolute Gasteiger partial charge is 0.451 e. The highest BCUT2D eigenvalue weighted by molar-refractivity contribution is 7.16. The first-order valence-electron chi connectivity index (χ1n) is 7.71. The Morgan fingerprint density at radius 1 is 1.14 bits per heavy atom. The fourth-order valence-electron chi connectivity index (χ4n) is 2.12. The Labute approximate surface area is 178 Å². The van der Waals surface area contributed by atoms with Gasteiger partial charge in [-0.3, -0.25) is 4.79 Å². The summed E-state index contributed by atoms with van der Waals surface area (Å²) in [5.41, 5.74) is 0.646. The molecule has 2 aromatic heterocycles. The number of carbonyl (C=O) groups excluding carboxylic acids is 2. The van der Waals surface area contributed by atoms with Gasteiger partial charge in [0, 0.05) is 17.4 Å². The van der Waals surface area contributed by atoms with Crippen LogP contribution in [-0.2, 0) is 9.53 Å². The number of anilines is 1. The predicted molar refractivity (Wildman–Crippen MR) is 108 cm³/mol. The highest BCUT2D eigenvalue weighted by atomic mass is 35.5. The zero-order chi connectivity index (χ0) is 20.3. The molecule has 0 saturated heterocycles. The third-order valence-electron chi connectivity index (χ3n) is 3.34. The Bertz CT molecular complexity index is 1020. The van der Waals surface area contributed by atoms with Crippen molar-refractivity contribution in [2.24, 2.45) is 0 Å². The van der Waals surface area contributed by atoms with Crippen LogP contribution in [0.3, 0.4) is 0 Å². The molecule has 0 spiro atoms. The molecule has 11 heteroatoms. The standard InChI is InChI=1S/C17H11Cl3N4O3S/c1-8-14(28-16(23-8)15-21-3-2-4-22-15)17(26)27-7-12(25)24-13-10(19)5-9(18)6-11(13)20/h2-6H,7H2,1H3,(H,24,25). The second kappa shape index (κ2) is 8.83. The van der Waals surface area contributed by atoms with E-state index in [0.717, 1.165) is 11.3 Å². The number of hydrogen-bond acceptors (Lipinski definition) is 7. The lowest BCUT2D eigenvalue weighted by Gasteiger charge is -2.10. The summed E-state index contributed by atoms with van der Waals surface area (Å²) in [7, 11) is 0. The van der Waals surface area contributed by atoms with Gasteiger partial charge in [0.05, 0.1) is 21.4 Å². The van der Waals surface area contributed by atoms with E-state index in [1.807, 2.05) is 0 Å². The van der Waals surface area contributed by atoms with Gasteiger partial charge < -0.3 is 10.1 Å². The van der Waals surface area contributed by atoms with Crippen molar-refractivity contribution in [3.05, 3.63) is 56.2 Å². The molecule has 7 nitrogen and oxygen atoms in total. The Balaban J connectivity index is 1.65. The molecular weight excluding hydrogens is 447 g/mol. The summed E-state index contributed by atoms with van der Waals surface area (Å²) < 4.78 is 5.06. The van der Waals surface area contributed by atoms with Gasteiger partial charge in [-0.05, 0) is 25.1 Å². The van der Waals surface area contributed by atoms with E-state index in [2.05, 4.69) is 20.3 Å². The monoisotopic (exact) mass is 456 g/mol.